The SMILES string of the molecule is O=C(Nc1ccc(CCN2CCNCC2)cc1)C1CC1. The maximum absolute atomic E-state index is 11.7. The summed E-state index contributed by atoms with van der Waals surface area (Å²) in [6, 6.07) is 8.30. The van der Waals surface area contributed by atoms with Gasteiger partial charge in [-0.25, -0.2) is 0 Å². The predicted molar refractivity (Wildman–Crippen MR) is 80.8 cm³/mol. The Morgan fingerprint density at radius 2 is 1.90 bits per heavy atom. The van der Waals surface area contributed by atoms with E-state index in [1.165, 1.54) is 5.56 Å². The predicted octanol–water partition coefficient (Wildman–Crippen LogP) is 1.48. The summed E-state index contributed by atoms with van der Waals surface area (Å²) in [7, 11) is 0. The number of rotatable bonds is 5. The first-order chi connectivity index (χ1) is 9.81. The van der Waals surface area contributed by atoms with E-state index in [1.807, 2.05) is 12.1 Å². The molecule has 1 heterocycles. The number of hydrogen-bond donors (Lipinski definition) is 2. The molecule has 4 heteroatoms. The third kappa shape index (κ3) is 3.81. The zero-order valence-electron chi connectivity index (χ0n) is 11.9. The number of amides is 1. The number of nitrogens with one attached hydrogen (secondary N) is 2. The molecule has 3 rings (SSSR count). The quantitative estimate of drug-likeness (QED) is 0.854. The monoisotopic (exact) mass is 273 g/mol. The first kappa shape index (κ1) is 13.6. The molecule has 2 fully saturated rings. The zero-order valence-corrected chi connectivity index (χ0v) is 11.9. The van der Waals surface area contributed by atoms with Crippen molar-refractivity contribution < 1.29 is 4.79 Å². The van der Waals surface area contributed by atoms with E-state index in [-0.39, 0.29) is 11.8 Å². The Morgan fingerprint density at radius 1 is 1.20 bits per heavy atom. The van der Waals surface area contributed by atoms with Gasteiger partial charge < -0.3 is 15.5 Å². The lowest BCUT2D eigenvalue weighted by molar-refractivity contribution is -0.117. The molecule has 1 aliphatic heterocycles. The molecule has 1 aromatic rings. The molecule has 108 valence electrons. The smallest absolute Gasteiger partial charge is 0.227 e. The first-order valence-corrected chi connectivity index (χ1v) is 7.64. The van der Waals surface area contributed by atoms with Crippen LogP contribution in [0.25, 0.3) is 0 Å². The highest BCUT2D eigenvalue weighted by molar-refractivity contribution is 5.93. The molecule has 2 aliphatic rings. The standard InChI is InChI=1S/C16H23N3O/c20-16(14-3-4-14)18-15-5-1-13(2-6-15)7-10-19-11-8-17-9-12-19/h1-2,5-6,14,17H,3-4,7-12H2,(H,18,20). The lowest BCUT2D eigenvalue weighted by Gasteiger charge is -2.27. The van der Waals surface area contributed by atoms with Crippen molar-refractivity contribution in [3.05, 3.63) is 29.8 Å². The van der Waals surface area contributed by atoms with Crippen molar-refractivity contribution >= 4 is 11.6 Å². The molecule has 0 aromatic heterocycles. The molecule has 0 bridgehead atoms. The molecule has 20 heavy (non-hydrogen) atoms. The number of piperazine rings is 1. The number of nitrogens with zero attached hydrogens (tertiary/aromatic N) is 1. The summed E-state index contributed by atoms with van der Waals surface area (Å²) in [5.41, 5.74) is 2.26. The van der Waals surface area contributed by atoms with Crippen molar-refractivity contribution in [3.8, 4) is 0 Å². The molecule has 2 N–H and O–H groups in total. The van der Waals surface area contributed by atoms with Crippen molar-refractivity contribution in [1.29, 1.82) is 0 Å². The molecule has 1 saturated heterocycles. The number of carbonyl (C=O) groups excluding carboxylic acids is 1. The van der Waals surface area contributed by atoms with Gasteiger partial charge in [-0.1, -0.05) is 12.1 Å². The van der Waals surface area contributed by atoms with Crippen molar-refractivity contribution in [2.75, 3.05) is 38.0 Å². The summed E-state index contributed by atoms with van der Waals surface area (Å²) < 4.78 is 0. The molecule has 1 amide bonds. The summed E-state index contributed by atoms with van der Waals surface area (Å²) >= 11 is 0. The molecular weight excluding hydrogens is 250 g/mol. The summed E-state index contributed by atoms with van der Waals surface area (Å²) in [5.74, 6) is 0.445. The summed E-state index contributed by atoms with van der Waals surface area (Å²) in [5, 5.41) is 6.35. The Morgan fingerprint density at radius 3 is 2.55 bits per heavy atom. The van der Waals surface area contributed by atoms with Crippen LogP contribution in [-0.4, -0.2) is 43.5 Å². The fraction of sp³-hybridized carbons (Fsp3) is 0.562. The Kier molecular flexibility index (Phi) is 4.33. The fourth-order valence-corrected chi connectivity index (χ4v) is 2.57. The highest BCUT2D eigenvalue weighted by atomic mass is 16.2. The van der Waals surface area contributed by atoms with E-state index < -0.39 is 0 Å². The summed E-state index contributed by atoms with van der Waals surface area (Å²) in [6.07, 6.45) is 3.18. The highest BCUT2D eigenvalue weighted by Crippen LogP contribution is 2.30. The van der Waals surface area contributed by atoms with E-state index in [9.17, 15) is 4.79 Å². The maximum atomic E-state index is 11.7. The number of benzene rings is 1. The van der Waals surface area contributed by atoms with Crippen LogP contribution in [0.3, 0.4) is 0 Å². The molecule has 0 radical (unpaired) electrons. The van der Waals surface area contributed by atoms with Gasteiger partial charge in [-0.3, -0.25) is 4.79 Å². The van der Waals surface area contributed by atoms with Gasteiger partial charge >= 0.3 is 0 Å². The second-order valence-corrected chi connectivity index (χ2v) is 5.80. The molecule has 4 nitrogen and oxygen atoms in total. The van der Waals surface area contributed by atoms with Crippen molar-refractivity contribution in [3.63, 3.8) is 0 Å². The van der Waals surface area contributed by atoms with Gasteiger partial charge in [-0.05, 0) is 37.0 Å². The van der Waals surface area contributed by atoms with Crippen molar-refractivity contribution in [2.24, 2.45) is 5.92 Å². The van der Waals surface area contributed by atoms with Gasteiger partial charge in [-0.15, -0.1) is 0 Å². The normalized spacial score (nSPS) is 19.8. The van der Waals surface area contributed by atoms with Crippen LogP contribution in [0.5, 0.6) is 0 Å². The Labute approximate surface area is 120 Å². The molecule has 1 aliphatic carbocycles. The molecular formula is C16H23N3O. The van der Waals surface area contributed by atoms with Gasteiger partial charge in [0.05, 0.1) is 0 Å². The average Bonchev–Trinajstić information content (AvgIpc) is 3.32. The average molecular weight is 273 g/mol. The minimum absolute atomic E-state index is 0.179. The van der Waals surface area contributed by atoms with Gasteiger partial charge in [0, 0.05) is 44.3 Å². The van der Waals surface area contributed by atoms with E-state index in [4.69, 9.17) is 0 Å². The minimum atomic E-state index is 0.179. The lowest BCUT2D eigenvalue weighted by Crippen LogP contribution is -2.44. The van der Waals surface area contributed by atoms with Crippen molar-refractivity contribution in [2.45, 2.75) is 19.3 Å². The van der Waals surface area contributed by atoms with Crippen LogP contribution in [0, 0.1) is 5.92 Å². The molecule has 0 atom stereocenters. The van der Waals surface area contributed by atoms with Gasteiger partial charge in [0.1, 0.15) is 0 Å². The van der Waals surface area contributed by atoms with Crippen molar-refractivity contribution in [1.82, 2.24) is 10.2 Å². The van der Waals surface area contributed by atoms with Gasteiger partial charge in [-0.2, -0.15) is 0 Å². The van der Waals surface area contributed by atoms with E-state index >= 15 is 0 Å². The third-order valence-corrected chi connectivity index (χ3v) is 4.10. The number of hydrogen-bond acceptors (Lipinski definition) is 3. The second kappa shape index (κ2) is 6.37. The number of carbonyl (C=O) groups is 1. The highest BCUT2D eigenvalue weighted by Gasteiger charge is 2.29. The maximum Gasteiger partial charge on any atom is 0.227 e. The molecule has 1 saturated carbocycles. The zero-order chi connectivity index (χ0) is 13.8. The Balaban J connectivity index is 1.46. The van der Waals surface area contributed by atoms with E-state index in [0.717, 1.165) is 57.7 Å². The number of anilines is 1. The van der Waals surface area contributed by atoms with E-state index in [2.05, 4.69) is 27.7 Å². The molecule has 1 aromatic carbocycles. The van der Waals surface area contributed by atoms with Crippen LogP contribution >= 0.6 is 0 Å². The Hall–Kier alpha value is -1.39. The minimum Gasteiger partial charge on any atom is -0.326 e. The fourth-order valence-electron chi connectivity index (χ4n) is 2.57. The first-order valence-electron chi connectivity index (χ1n) is 7.64. The summed E-state index contributed by atoms with van der Waals surface area (Å²) in [6.45, 7) is 5.62. The van der Waals surface area contributed by atoms with E-state index in [0.29, 0.717) is 0 Å². The molecule has 0 unspecified atom stereocenters. The van der Waals surface area contributed by atoms with Gasteiger partial charge in [0.15, 0.2) is 0 Å². The third-order valence-electron chi connectivity index (χ3n) is 4.10. The van der Waals surface area contributed by atoms with E-state index in [1.54, 1.807) is 0 Å². The van der Waals surface area contributed by atoms with Crippen LogP contribution < -0.4 is 10.6 Å². The van der Waals surface area contributed by atoms with Gasteiger partial charge in [0.2, 0.25) is 5.91 Å². The van der Waals surface area contributed by atoms with Crippen LogP contribution in [-0.2, 0) is 11.2 Å². The molecule has 0 spiro atoms. The van der Waals surface area contributed by atoms with Crippen LogP contribution in [0.1, 0.15) is 18.4 Å². The van der Waals surface area contributed by atoms with Crippen LogP contribution in [0.2, 0.25) is 0 Å². The van der Waals surface area contributed by atoms with Crippen LogP contribution in [0.15, 0.2) is 24.3 Å². The van der Waals surface area contributed by atoms with Gasteiger partial charge in [0.25, 0.3) is 0 Å². The largest absolute Gasteiger partial charge is 0.326 e. The lowest BCUT2D eigenvalue weighted by atomic mass is 10.1. The van der Waals surface area contributed by atoms with Crippen LogP contribution in [0.4, 0.5) is 5.69 Å². The second-order valence-electron chi connectivity index (χ2n) is 5.80. The topological polar surface area (TPSA) is 44.4 Å². The summed E-state index contributed by atoms with van der Waals surface area (Å²) in [4.78, 5) is 14.2. The Bertz CT molecular complexity index is 447.